The number of carbonyl (C=O) groups is 1. The van der Waals surface area contributed by atoms with Gasteiger partial charge in [-0.15, -0.1) is 0 Å². The van der Waals surface area contributed by atoms with E-state index >= 15 is 0 Å². The zero-order valence-electron chi connectivity index (χ0n) is 15.7. The summed E-state index contributed by atoms with van der Waals surface area (Å²) in [6, 6.07) is 5.72. The molecule has 1 atom stereocenters. The number of aliphatic hydroxyl groups is 1. The fraction of sp³-hybridized carbons (Fsp3) is 0.455. The second-order valence-corrected chi connectivity index (χ2v) is 6.31. The minimum Gasteiger partial charge on any atom is -0.481 e. The average molecular weight is 357 g/mol. The van der Waals surface area contributed by atoms with Gasteiger partial charge < -0.3 is 10.2 Å². The summed E-state index contributed by atoms with van der Waals surface area (Å²) in [4.78, 5) is 14.9. The molecule has 1 heterocycles. The summed E-state index contributed by atoms with van der Waals surface area (Å²) in [7, 11) is 0. The highest BCUT2D eigenvalue weighted by Crippen LogP contribution is 2.07. The van der Waals surface area contributed by atoms with Gasteiger partial charge >= 0.3 is 5.97 Å². The van der Waals surface area contributed by atoms with E-state index in [0.717, 1.165) is 24.2 Å². The minimum absolute atomic E-state index is 0.186. The lowest BCUT2D eigenvalue weighted by molar-refractivity contribution is -0.137. The van der Waals surface area contributed by atoms with Crippen LogP contribution in [0.1, 0.15) is 69.7 Å². The molecule has 142 valence electrons. The number of carboxylic acids is 1. The van der Waals surface area contributed by atoms with Crippen LogP contribution in [0.15, 0.2) is 42.5 Å². The highest BCUT2D eigenvalue weighted by Gasteiger charge is 1.97. The van der Waals surface area contributed by atoms with Crippen molar-refractivity contribution in [2.45, 2.75) is 64.4 Å². The van der Waals surface area contributed by atoms with Gasteiger partial charge in [0, 0.05) is 6.42 Å². The Hall–Kier alpha value is -2.20. The first-order valence-electron chi connectivity index (χ1n) is 9.48. The smallest absolute Gasteiger partial charge is 0.303 e. The van der Waals surface area contributed by atoms with E-state index in [1.54, 1.807) is 6.08 Å². The van der Waals surface area contributed by atoms with E-state index in [-0.39, 0.29) is 6.42 Å². The van der Waals surface area contributed by atoms with E-state index in [9.17, 15) is 9.90 Å². The van der Waals surface area contributed by atoms with Crippen LogP contribution in [0.25, 0.3) is 12.2 Å². The molecule has 0 amide bonds. The maximum atomic E-state index is 10.5. The van der Waals surface area contributed by atoms with Gasteiger partial charge in [-0.05, 0) is 56.4 Å². The van der Waals surface area contributed by atoms with Gasteiger partial charge in [-0.2, -0.15) is 0 Å². The Morgan fingerprint density at radius 1 is 1.08 bits per heavy atom. The fourth-order valence-corrected chi connectivity index (χ4v) is 2.38. The predicted molar refractivity (Wildman–Crippen MR) is 108 cm³/mol. The van der Waals surface area contributed by atoms with Gasteiger partial charge in [-0.25, -0.2) is 4.98 Å². The van der Waals surface area contributed by atoms with Crippen molar-refractivity contribution in [1.82, 2.24) is 4.98 Å². The van der Waals surface area contributed by atoms with Gasteiger partial charge in [0.2, 0.25) is 0 Å². The van der Waals surface area contributed by atoms with Gasteiger partial charge in [0.05, 0.1) is 17.5 Å². The number of hydrogen-bond acceptors (Lipinski definition) is 3. The summed E-state index contributed by atoms with van der Waals surface area (Å²) in [5.74, 6) is -0.766. The monoisotopic (exact) mass is 357 g/mol. The average Bonchev–Trinajstić information content (AvgIpc) is 2.63. The molecule has 0 aliphatic heterocycles. The number of carboxylic acid groups (broad SMARTS) is 1. The second-order valence-electron chi connectivity index (χ2n) is 6.31. The van der Waals surface area contributed by atoms with Crippen molar-refractivity contribution in [2.75, 3.05) is 0 Å². The number of nitrogens with zero attached hydrogens (tertiary/aromatic N) is 1. The molecule has 0 aliphatic carbocycles. The highest BCUT2D eigenvalue weighted by atomic mass is 16.4. The molecule has 1 unspecified atom stereocenters. The molecule has 0 saturated heterocycles. The number of aliphatic carboxylic acids is 1. The van der Waals surface area contributed by atoms with Crippen molar-refractivity contribution >= 4 is 18.1 Å². The maximum Gasteiger partial charge on any atom is 0.303 e. The molecule has 0 radical (unpaired) electrons. The third-order valence-corrected chi connectivity index (χ3v) is 3.85. The molecule has 1 rings (SSSR count). The number of aromatic nitrogens is 1. The molecule has 4 nitrogen and oxygen atoms in total. The van der Waals surface area contributed by atoms with E-state index in [1.165, 1.54) is 19.3 Å². The van der Waals surface area contributed by atoms with E-state index in [0.29, 0.717) is 12.8 Å². The topological polar surface area (TPSA) is 70.4 Å². The fourth-order valence-electron chi connectivity index (χ4n) is 2.38. The Morgan fingerprint density at radius 2 is 1.81 bits per heavy atom. The highest BCUT2D eigenvalue weighted by molar-refractivity contribution is 5.66. The number of unbranched alkanes of at least 4 members (excludes halogenated alkanes) is 4. The van der Waals surface area contributed by atoms with Crippen molar-refractivity contribution < 1.29 is 15.0 Å². The van der Waals surface area contributed by atoms with Crippen LogP contribution in [0.4, 0.5) is 0 Å². The molecule has 2 N–H and O–H groups in total. The number of hydrogen-bond donors (Lipinski definition) is 2. The van der Waals surface area contributed by atoms with Crippen molar-refractivity contribution in [3.05, 3.63) is 53.9 Å². The Morgan fingerprint density at radius 3 is 2.54 bits per heavy atom. The maximum absolute atomic E-state index is 10.5. The molecule has 0 bridgehead atoms. The summed E-state index contributed by atoms with van der Waals surface area (Å²) < 4.78 is 0. The summed E-state index contributed by atoms with van der Waals surface area (Å²) in [5, 5.41) is 18.6. The molecule has 0 saturated carbocycles. The molecule has 0 fully saturated rings. The lowest BCUT2D eigenvalue weighted by atomic mass is 10.1. The third kappa shape index (κ3) is 11.4. The van der Waals surface area contributed by atoms with Crippen molar-refractivity contribution in [2.24, 2.45) is 0 Å². The Balaban J connectivity index is 2.40. The van der Waals surface area contributed by atoms with Crippen molar-refractivity contribution in [1.29, 1.82) is 0 Å². The SMILES string of the molecule is CCCCC/C=C/CC(O)/C=C\c1cccc(/C=C/CCCC(=O)O)n1. The summed E-state index contributed by atoms with van der Waals surface area (Å²) in [6.07, 6.45) is 18.0. The summed E-state index contributed by atoms with van der Waals surface area (Å²) in [5.41, 5.74) is 1.62. The number of allylic oxidation sites excluding steroid dienone is 2. The van der Waals surface area contributed by atoms with Gasteiger partial charge in [0.15, 0.2) is 0 Å². The Kier molecular flexibility index (Phi) is 11.8. The summed E-state index contributed by atoms with van der Waals surface area (Å²) >= 11 is 0. The zero-order valence-corrected chi connectivity index (χ0v) is 15.7. The van der Waals surface area contributed by atoms with Crippen LogP contribution in [0.5, 0.6) is 0 Å². The van der Waals surface area contributed by atoms with Crippen LogP contribution in [0.2, 0.25) is 0 Å². The zero-order chi connectivity index (χ0) is 19.0. The Labute approximate surface area is 157 Å². The molecule has 26 heavy (non-hydrogen) atoms. The van der Waals surface area contributed by atoms with Crippen LogP contribution >= 0.6 is 0 Å². The second kappa shape index (κ2) is 14.0. The summed E-state index contributed by atoms with van der Waals surface area (Å²) in [6.45, 7) is 2.19. The van der Waals surface area contributed by atoms with E-state index in [1.807, 2.05) is 42.5 Å². The molecule has 0 aromatic carbocycles. The first-order chi connectivity index (χ1) is 12.6. The van der Waals surface area contributed by atoms with Crippen LogP contribution in [-0.2, 0) is 4.79 Å². The number of rotatable bonds is 13. The normalized spacial score (nSPS) is 13.2. The molecule has 0 spiro atoms. The van der Waals surface area contributed by atoms with Crippen molar-refractivity contribution in [3.63, 3.8) is 0 Å². The van der Waals surface area contributed by atoms with Crippen LogP contribution in [0, 0.1) is 0 Å². The number of pyridine rings is 1. The first kappa shape index (κ1) is 21.8. The van der Waals surface area contributed by atoms with Gasteiger partial charge in [0.1, 0.15) is 0 Å². The van der Waals surface area contributed by atoms with Crippen LogP contribution < -0.4 is 0 Å². The molecular weight excluding hydrogens is 326 g/mol. The Bertz CT molecular complexity index is 605. The van der Waals surface area contributed by atoms with Crippen molar-refractivity contribution in [3.8, 4) is 0 Å². The minimum atomic E-state index is -0.766. The molecule has 1 aromatic heterocycles. The molecule has 1 aromatic rings. The van der Waals surface area contributed by atoms with E-state index in [2.05, 4.69) is 18.0 Å². The van der Waals surface area contributed by atoms with Crippen LogP contribution in [0.3, 0.4) is 0 Å². The van der Waals surface area contributed by atoms with Crippen LogP contribution in [-0.4, -0.2) is 27.3 Å². The predicted octanol–water partition coefficient (Wildman–Crippen LogP) is 5.25. The van der Waals surface area contributed by atoms with Gasteiger partial charge in [0.25, 0.3) is 0 Å². The number of aliphatic hydroxyl groups excluding tert-OH is 1. The quantitative estimate of drug-likeness (QED) is 0.373. The first-order valence-corrected chi connectivity index (χ1v) is 9.48. The lowest BCUT2D eigenvalue weighted by Crippen LogP contribution is -1.99. The molecule has 0 aliphatic rings. The molecular formula is C22H31NO3. The van der Waals surface area contributed by atoms with E-state index < -0.39 is 12.1 Å². The third-order valence-electron chi connectivity index (χ3n) is 3.85. The largest absolute Gasteiger partial charge is 0.481 e. The lowest BCUT2D eigenvalue weighted by Gasteiger charge is -2.01. The van der Waals surface area contributed by atoms with Gasteiger partial charge in [-0.3, -0.25) is 4.79 Å². The van der Waals surface area contributed by atoms with Gasteiger partial charge in [-0.1, -0.05) is 50.1 Å². The molecule has 4 heteroatoms. The van der Waals surface area contributed by atoms with E-state index in [4.69, 9.17) is 5.11 Å². The standard InChI is InChI=1S/C22H31NO3/c1-2-3-4-5-6-9-15-21(24)18-17-20-14-11-13-19(23-20)12-8-7-10-16-22(25)26/h6,8-9,11-14,17-18,21,24H,2-5,7,10,15-16H2,1H3,(H,25,26)/b9-6+,12-8+,18-17-.